The van der Waals surface area contributed by atoms with E-state index in [9.17, 15) is 19.2 Å². The number of fused-ring (bicyclic) bond motifs is 1. The van der Waals surface area contributed by atoms with Crippen molar-refractivity contribution in [1.29, 1.82) is 0 Å². The summed E-state index contributed by atoms with van der Waals surface area (Å²) in [6, 6.07) is 12.2. The number of hydrogen-bond acceptors (Lipinski definition) is 7. The van der Waals surface area contributed by atoms with Gasteiger partial charge in [0.25, 0.3) is 5.56 Å². The van der Waals surface area contributed by atoms with E-state index in [-0.39, 0.29) is 22.0 Å². The quantitative estimate of drug-likeness (QED) is 0.297. The molecular weight excluding hydrogens is 480 g/mol. The summed E-state index contributed by atoms with van der Waals surface area (Å²) >= 11 is 5.36. The Labute approximate surface area is 213 Å². The molecule has 0 spiro atoms. The van der Waals surface area contributed by atoms with E-state index in [4.69, 9.17) is 17.0 Å². The SMILES string of the molecule is COC(=O)c1ccc2c(=O)n(CCCC(=O)N3CCN(c4ccc(C(C)=O)cc4)CC3)c(=S)[nH]c2c1. The van der Waals surface area contributed by atoms with Crippen molar-refractivity contribution in [3.63, 3.8) is 0 Å². The molecular formula is C26H28N4O5S. The molecule has 1 amide bonds. The third kappa shape index (κ3) is 5.38. The van der Waals surface area contributed by atoms with Crippen molar-refractivity contribution < 1.29 is 19.1 Å². The Bertz CT molecular complexity index is 1420. The predicted octanol–water partition coefficient (Wildman–Crippen LogP) is 3.18. The van der Waals surface area contributed by atoms with E-state index in [1.165, 1.54) is 17.7 Å². The first-order valence-electron chi connectivity index (χ1n) is 11.8. The van der Waals surface area contributed by atoms with Crippen LogP contribution >= 0.6 is 12.2 Å². The van der Waals surface area contributed by atoms with Crippen LogP contribution in [0.1, 0.15) is 40.5 Å². The van der Waals surface area contributed by atoms with Crippen LogP contribution in [-0.2, 0) is 16.1 Å². The molecule has 0 bridgehead atoms. The van der Waals surface area contributed by atoms with Crippen LogP contribution in [-0.4, -0.2) is 65.4 Å². The molecule has 10 heteroatoms. The molecule has 0 unspecified atom stereocenters. The number of nitrogens with one attached hydrogen (secondary N) is 1. The molecule has 4 rings (SSSR count). The summed E-state index contributed by atoms with van der Waals surface area (Å²) in [4.78, 5) is 56.0. The average Bonchev–Trinajstić information content (AvgIpc) is 2.89. The molecule has 1 aliphatic heterocycles. The maximum atomic E-state index is 12.9. The minimum absolute atomic E-state index is 0.0386. The second-order valence-electron chi connectivity index (χ2n) is 8.71. The normalized spacial score (nSPS) is 13.6. The molecule has 1 saturated heterocycles. The molecule has 1 aliphatic rings. The molecule has 36 heavy (non-hydrogen) atoms. The molecule has 0 aliphatic carbocycles. The largest absolute Gasteiger partial charge is 0.465 e. The van der Waals surface area contributed by atoms with Crippen LogP contribution < -0.4 is 10.5 Å². The molecule has 0 atom stereocenters. The molecule has 1 fully saturated rings. The smallest absolute Gasteiger partial charge is 0.337 e. The Hall–Kier alpha value is -3.79. The van der Waals surface area contributed by atoms with Crippen molar-refractivity contribution in [2.24, 2.45) is 0 Å². The van der Waals surface area contributed by atoms with Crippen molar-refractivity contribution >= 4 is 46.5 Å². The zero-order chi connectivity index (χ0) is 25.8. The van der Waals surface area contributed by atoms with E-state index in [0.717, 1.165) is 5.69 Å². The minimum atomic E-state index is -0.495. The average molecular weight is 509 g/mol. The standard InChI is InChI=1S/C26H28N4O5S/c1-17(31)18-5-8-20(9-6-18)28-12-14-29(15-13-28)23(32)4-3-11-30-24(33)21-10-7-19(25(34)35-2)16-22(21)27-26(30)36/h5-10,16H,3-4,11-15H2,1-2H3,(H,27,36). The number of ether oxygens (including phenoxy) is 1. The van der Waals surface area contributed by atoms with Gasteiger partial charge in [-0.3, -0.25) is 19.0 Å². The van der Waals surface area contributed by atoms with Gasteiger partial charge < -0.3 is 19.5 Å². The number of rotatable bonds is 7. The fourth-order valence-electron chi connectivity index (χ4n) is 4.37. The highest BCUT2D eigenvalue weighted by Gasteiger charge is 2.21. The maximum Gasteiger partial charge on any atom is 0.337 e. The van der Waals surface area contributed by atoms with Crippen LogP contribution in [0.2, 0.25) is 0 Å². The fraction of sp³-hybridized carbons (Fsp3) is 0.346. The minimum Gasteiger partial charge on any atom is -0.465 e. The summed E-state index contributed by atoms with van der Waals surface area (Å²) in [6.07, 6.45) is 0.794. The Morgan fingerprint density at radius 2 is 1.67 bits per heavy atom. The number of anilines is 1. The summed E-state index contributed by atoms with van der Waals surface area (Å²) in [5, 5.41) is 0.412. The lowest BCUT2D eigenvalue weighted by Gasteiger charge is -2.36. The molecule has 1 N–H and O–H groups in total. The number of carbonyl (C=O) groups excluding carboxylic acids is 3. The Kier molecular flexibility index (Phi) is 7.64. The molecule has 0 radical (unpaired) electrons. The first kappa shape index (κ1) is 25.3. The second-order valence-corrected chi connectivity index (χ2v) is 9.10. The summed E-state index contributed by atoms with van der Waals surface area (Å²) in [5.74, 6) is -0.407. The van der Waals surface area contributed by atoms with E-state index in [2.05, 4.69) is 9.88 Å². The van der Waals surface area contributed by atoms with E-state index >= 15 is 0 Å². The Balaban J connectivity index is 1.33. The highest BCUT2D eigenvalue weighted by atomic mass is 32.1. The van der Waals surface area contributed by atoms with Gasteiger partial charge in [-0.05, 0) is 68.0 Å². The Morgan fingerprint density at radius 3 is 2.31 bits per heavy atom. The zero-order valence-corrected chi connectivity index (χ0v) is 21.1. The number of piperazine rings is 1. The predicted molar refractivity (Wildman–Crippen MR) is 139 cm³/mol. The van der Waals surface area contributed by atoms with Crippen molar-refractivity contribution in [2.75, 3.05) is 38.2 Å². The zero-order valence-electron chi connectivity index (χ0n) is 20.3. The summed E-state index contributed by atoms with van der Waals surface area (Å²) in [6.45, 7) is 4.53. The van der Waals surface area contributed by atoms with Crippen LogP contribution in [0, 0.1) is 4.77 Å². The van der Waals surface area contributed by atoms with Gasteiger partial charge in [-0.25, -0.2) is 4.79 Å². The van der Waals surface area contributed by atoms with Crippen molar-refractivity contribution in [2.45, 2.75) is 26.3 Å². The van der Waals surface area contributed by atoms with Crippen LogP contribution in [0.3, 0.4) is 0 Å². The highest BCUT2D eigenvalue weighted by Crippen LogP contribution is 2.18. The third-order valence-electron chi connectivity index (χ3n) is 6.45. The van der Waals surface area contributed by atoms with Gasteiger partial charge >= 0.3 is 5.97 Å². The number of carbonyl (C=O) groups is 3. The van der Waals surface area contributed by atoms with Crippen LogP contribution in [0.15, 0.2) is 47.3 Å². The van der Waals surface area contributed by atoms with Gasteiger partial charge in [0.15, 0.2) is 10.6 Å². The fourth-order valence-corrected chi connectivity index (χ4v) is 4.65. The molecule has 188 valence electrons. The van der Waals surface area contributed by atoms with Gasteiger partial charge in [0.1, 0.15) is 0 Å². The number of esters is 1. The highest BCUT2D eigenvalue weighted by molar-refractivity contribution is 7.71. The summed E-state index contributed by atoms with van der Waals surface area (Å²) < 4.78 is 6.42. The van der Waals surface area contributed by atoms with E-state index in [1.807, 2.05) is 29.2 Å². The lowest BCUT2D eigenvalue weighted by molar-refractivity contribution is -0.131. The molecule has 2 heterocycles. The van der Waals surface area contributed by atoms with E-state index in [0.29, 0.717) is 67.6 Å². The van der Waals surface area contributed by atoms with Crippen molar-refractivity contribution in [3.8, 4) is 0 Å². The molecule has 0 saturated carbocycles. The first-order valence-corrected chi connectivity index (χ1v) is 12.2. The number of hydrogen-bond donors (Lipinski definition) is 1. The number of amides is 1. The second kappa shape index (κ2) is 10.9. The van der Waals surface area contributed by atoms with Crippen LogP contribution in [0.5, 0.6) is 0 Å². The van der Waals surface area contributed by atoms with Crippen LogP contribution in [0.4, 0.5) is 5.69 Å². The number of ketones is 1. The third-order valence-corrected chi connectivity index (χ3v) is 6.77. The van der Waals surface area contributed by atoms with Gasteiger partial charge in [0, 0.05) is 50.4 Å². The van der Waals surface area contributed by atoms with E-state index < -0.39 is 5.97 Å². The lowest BCUT2D eigenvalue weighted by Crippen LogP contribution is -2.48. The number of methoxy groups -OCH3 is 1. The number of H-pyrrole nitrogens is 1. The number of nitrogens with zero attached hydrogens (tertiary/aromatic N) is 3. The first-order chi connectivity index (χ1) is 17.3. The lowest BCUT2D eigenvalue weighted by atomic mass is 10.1. The van der Waals surface area contributed by atoms with Gasteiger partial charge in [0.2, 0.25) is 5.91 Å². The number of Topliss-reactive ketones (excluding diaryl/α,β-unsaturated/α-hetero) is 1. The van der Waals surface area contributed by atoms with Crippen molar-refractivity contribution in [3.05, 3.63) is 68.7 Å². The summed E-state index contributed by atoms with van der Waals surface area (Å²) in [7, 11) is 1.29. The van der Waals surface area contributed by atoms with Crippen LogP contribution in [0.25, 0.3) is 10.9 Å². The molecule has 9 nitrogen and oxygen atoms in total. The van der Waals surface area contributed by atoms with Gasteiger partial charge in [-0.2, -0.15) is 0 Å². The monoisotopic (exact) mass is 508 g/mol. The Morgan fingerprint density at radius 1 is 1.00 bits per heavy atom. The van der Waals surface area contributed by atoms with Gasteiger partial charge in [-0.1, -0.05) is 0 Å². The molecule has 1 aromatic heterocycles. The van der Waals surface area contributed by atoms with Gasteiger partial charge in [-0.15, -0.1) is 0 Å². The van der Waals surface area contributed by atoms with E-state index in [1.54, 1.807) is 19.1 Å². The van der Waals surface area contributed by atoms with Gasteiger partial charge in [0.05, 0.1) is 23.6 Å². The van der Waals surface area contributed by atoms with Crippen molar-refractivity contribution in [1.82, 2.24) is 14.5 Å². The number of benzene rings is 2. The molecule has 3 aromatic rings. The topological polar surface area (TPSA) is 105 Å². The number of aromatic nitrogens is 2. The summed E-state index contributed by atoms with van der Waals surface area (Å²) in [5.41, 5.74) is 2.25. The molecule has 2 aromatic carbocycles. The number of aromatic amines is 1. The maximum absolute atomic E-state index is 12.9.